The molecule has 1 radical (unpaired) electrons. The zero-order valence-corrected chi connectivity index (χ0v) is 11.8. The van der Waals surface area contributed by atoms with Crippen molar-refractivity contribution in [1.29, 1.82) is 0 Å². The Bertz CT molecular complexity index is 582. The maximum absolute atomic E-state index is 12.5. The predicted octanol–water partition coefficient (Wildman–Crippen LogP) is 1.10. The summed E-state index contributed by atoms with van der Waals surface area (Å²) in [5.74, 6) is -0.697. The molecule has 0 aliphatic carbocycles. The summed E-state index contributed by atoms with van der Waals surface area (Å²) in [4.78, 5) is 11.7. The van der Waals surface area contributed by atoms with Gasteiger partial charge in [0, 0.05) is 0 Å². The van der Waals surface area contributed by atoms with E-state index in [0.717, 1.165) is 17.4 Å². The van der Waals surface area contributed by atoms with Crippen LogP contribution in [0, 0.1) is 12.8 Å². The maximum atomic E-state index is 12.5. The standard InChI is InChI=1S/C12H15BNO4S/c1-8(2)11-12(15)18-13-14(11)19(16,17)10-6-4-9(3)5-7-10/h4-8,11H,1-3H3. The van der Waals surface area contributed by atoms with E-state index >= 15 is 0 Å². The molecule has 1 aliphatic heterocycles. The Balaban J connectivity index is 2.39. The van der Waals surface area contributed by atoms with E-state index in [-0.39, 0.29) is 10.8 Å². The molecule has 0 N–H and O–H groups in total. The summed E-state index contributed by atoms with van der Waals surface area (Å²) < 4.78 is 30.7. The van der Waals surface area contributed by atoms with Crippen molar-refractivity contribution in [2.75, 3.05) is 0 Å². The van der Waals surface area contributed by atoms with Crippen LogP contribution in [0.1, 0.15) is 19.4 Å². The van der Waals surface area contributed by atoms with Gasteiger partial charge in [-0.15, -0.1) is 0 Å². The van der Waals surface area contributed by atoms with Gasteiger partial charge in [-0.25, -0.2) is 8.42 Å². The molecule has 2 rings (SSSR count). The van der Waals surface area contributed by atoms with Gasteiger partial charge in [-0.3, -0.25) is 4.79 Å². The molecule has 0 bridgehead atoms. The van der Waals surface area contributed by atoms with Crippen molar-refractivity contribution in [2.24, 2.45) is 5.92 Å². The largest absolute Gasteiger partial charge is 0.520 e. The topological polar surface area (TPSA) is 63.7 Å². The molecule has 1 aliphatic rings. The number of aryl methyl sites for hydroxylation is 1. The van der Waals surface area contributed by atoms with Crippen LogP contribution in [0.4, 0.5) is 0 Å². The average molecular weight is 280 g/mol. The lowest BCUT2D eigenvalue weighted by molar-refractivity contribution is -0.135. The Morgan fingerprint density at radius 3 is 2.37 bits per heavy atom. The molecule has 0 saturated carbocycles. The van der Waals surface area contributed by atoms with Crippen LogP contribution in [0.25, 0.3) is 0 Å². The van der Waals surface area contributed by atoms with Crippen molar-refractivity contribution in [3.63, 3.8) is 0 Å². The van der Waals surface area contributed by atoms with Gasteiger partial charge >= 0.3 is 13.6 Å². The molecule has 0 amide bonds. The highest BCUT2D eigenvalue weighted by atomic mass is 32.2. The van der Waals surface area contributed by atoms with Gasteiger partial charge in [0.05, 0.1) is 4.90 Å². The van der Waals surface area contributed by atoms with Crippen molar-refractivity contribution in [3.8, 4) is 0 Å². The molecule has 1 fully saturated rings. The van der Waals surface area contributed by atoms with Crippen LogP contribution in [0.5, 0.6) is 0 Å². The summed E-state index contributed by atoms with van der Waals surface area (Å²) in [5.41, 5.74) is 0.970. The van der Waals surface area contributed by atoms with Crippen molar-refractivity contribution in [2.45, 2.75) is 31.7 Å². The van der Waals surface area contributed by atoms with Crippen LogP contribution in [0.3, 0.4) is 0 Å². The summed E-state index contributed by atoms with van der Waals surface area (Å²) >= 11 is 0. The molecule has 1 saturated heterocycles. The minimum atomic E-state index is -3.75. The van der Waals surface area contributed by atoms with Gasteiger partial charge in [-0.05, 0) is 25.0 Å². The Hall–Kier alpha value is -1.34. The third-order valence-corrected chi connectivity index (χ3v) is 4.75. The van der Waals surface area contributed by atoms with E-state index < -0.39 is 22.0 Å². The van der Waals surface area contributed by atoms with E-state index in [1.807, 2.05) is 6.92 Å². The van der Waals surface area contributed by atoms with Gasteiger partial charge in [0.25, 0.3) is 0 Å². The van der Waals surface area contributed by atoms with Crippen LogP contribution in [0.15, 0.2) is 29.2 Å². The molecular formula is C12H15BNO4S. The first-order valence-corrected chi connectivity index (χ1v) is 7.42. The SMILES string of the molecule is Cc1ccc(S(=O)(=O)N2[B]OC(=O)C2C(C)C)cc1. The number of rotatable bonds is 3. The fourth-order valence-corrected chi connectivity index (χ4v) is 3.46. The number of carbonyl (C=O) groups is 1. The fourth-order valence-electron chi connectivity index (χ4n) is 1.95. The predicted molar refractivity (Wildman–Crippen MR) is 70.7 cm³/mol. The quantitative estimate of drug-likeness (QED) is 0.778. The van der Waals surface area contributed by atoms with E-state index in [1.165, 1.54) is 12.1 Å². The monoisotopic (exact) mass is 280 g/mol. The minimum Gasteiger partial charge on any atom is -0.520 e. The third kappa shape index (κ3) is 2.53. The van der Waals surface area contributed by atoms with Crippen molar-refractivity contribution >= 4 is 23.6 Å². The molecule has 101 valence electrons. The minimum absolute atomic E-state index is 0.151. The number of sulfonamides is 1. The Morgan fingerprint density at radius 1 is 1.26 bits per heavy atom. The molecule has 0 aromatic heterocycles. The highest BCUT2D eigenvalue weighted by molar-refractivity contribution is 7.90. The summed E-state index contributed by atoms with van der Waals surface area (Å²) in [6.45, 7) is 5.44. The number of nitrogens with zero attached hydrogens (tertiary/aromatic N) is 1. The van der Waals surface area contributed by atoms with Gasteiger partial charge in [0.1, 0.15) is 6.04 Å². The number of hydrogen-bond donors (Lipinski definition) is 0. The Morgan fingerprint density at radius 2 is 1.84 bits per heavy atom. The van der Waals surface area contributed by atoms with Crippen LogP contribution in [-0.2, 0) is 19.5 Å². The Kier molecular flexibility index (Phi) is 3.69. The van der Waals surface area contributed by atoms with Crippen LogP contribution >= 0.6 is 0 Å². The smallest absolute Gasteiger partial charge is 0.498 e. The maximum Gasteiger partial charge on any atom is 0.498 e. The van der Waals surface area contributed by atoms with E-state index in [9.17, 15) is 13.2 Å². The summed E-state index contributed by atoms with van der Waals surface area (Å²) in [7, 11) is -2.76. The van der Waals surface area contributed by atoms with Gasteiger partial charge < -0.3 is 4.65 Å². The second kappa shape index (κ2) is 4.98. The lowest BCUT2D eigenvalue weighted by Gasteiger charge is -2.22. The van der Waals surface area contributed by atoms with E-state index in [2.05, 4.69) is 0 Å². The highest BCUT2D eigenvalue weighted by Gasteiger charge is 2.45. The van der Waals surface area contributed by atoms with Gasteiger partial charge in [0.15, 0.2) is 0 Å². The van der Waals surface area contributed by atoms with Gasteiger partial charge in [-0.2, -0.15) is 4.22 Å². The first-order chi connectivity index (χ1) is 8.84. The molecule has 7 heteroatoms. The zero-order valence-electron chi connectivity index (χ0n) is 11.0. The summed E-state index contributed by atoms with van der Waals surface area (Å²) in [6.07, 6.45) is 0. The molecule has 0 spiro atoms. The first kappa shape index (κ1) is 14.1. The number of benzene rings is 1. The highest BCUT2D eigenvalue weighted by Crippen LogP contribution is 2.25. The second-order valence-corrected chi connectivity index (χ2v) is 6.72. The lowest BCUT2D eigenvalue weighted by Crippen LogP contribution is -2.42. The number of carbonyl (C=O) groups excluding carboxylic acids is 1. The van der Waals surface area contributed by atoms with Crippen molar-refractivity contribution < 1.29 is 17.9 Å². The van der Waals surface area contributed by atoms with E-state index in [1.54, 1.807) is 26.0 Å². The molecule has 5 nitrogen and oxygen atoms in total. The third-order valence-electron chi connectivity index (χ3n) is 3.02. The summed E-state index contributed by atoms with van der Waals surface area (Å²) in [6, 6.07) is 5.69. The van der Waals surface area contributed by atoms with E-state index in [0.29, 0.717) is 0 Å². The van der Waals surface area contributed by atoms with Crippen LogP contribution in [0.2, 0.25) is 0 Å². The molecule has 1 aromatic carbocycles. The van der Waals surface area contributed by atoms with Gasteiger partial charge in [0.2, 0.25) is 10.0 Å². The molecule has 1 aromatic rings. The second-order valence-electron chi connectivity index (χ2n) is 4.88. The molecular weight excluding hydrogens is 265 g/mol. The summed E-state index contributed by atoms with van der Waals surface area (Å²) in [5, 5.41) is 0. The molecule has 1 heterocycles. The van der Waals surface area contributed by atoms with Crippen LogP contribution < -0.4 is 0 Å². The lowest BCUT2D eigenvalue weighted by atomic mass is 10.0. The number of hydrogen-bond acceptors (Lipinski definition) is 4. The zero-order chi connectivity index (χ0) is 14.2. The first-order valence-electron chi connectivity index (χ1n) is 5.98. The molecule has 1 atom stereocenters. The van der Waals surface area contributed by atoms with Crippen molar-refractivity contribution in [1.82, 2.24) is 4.22 Å². The van der Waals surface area contributed by atoms with E-state index in [4.69, 9.17) is 4.65 Å². The Labute approximate surface area is 113 Å². The normalized spacial score (nSPS) is 20.4. The fraction of sp³-hybridized carbons (Fsp3) is 0.417. The molecule has 19 heavy (non-hydrogen) atoms. The van der Waals surface area contributed by atoms with Crippen molar-refractivity contribution in [3.05, 3.63) is 29.8 Å². The average Bonchev–Trinajstić information content (AvgIpc) is 2.72. The van der Waals surface area contributed by atoms with Gasteiger partial charge in [-0.1, -0.05) is 31.5 Å². The molecule has 1 unspecified atom stereocenters. The van der Waals surface area contributed by atoms with Crippen LogP contribution in [-0.4, -0.2) is 32.3 Å².